The maximum atomic E-state index is 12.1. The van der Waals surface area contributed by atoms with E-state index >= 15 is 0 Å². The van der Waals surface area contributed by atoms with E-state index in [-0.39, 0.29) is 5.91 Å². The Bertz CT molecular complexity index is 711. The third-order valence-corrected chi connectivity index (χ3v) is 4.75. The molecule has 2 aromatic rings. The lowest BCUT2D eigenvalue weighted by Gasteiger charge is -2.34. The van der Waals surface area contributed by atoms with Crippen LogP contribution in [-0.4, -0.2) is 60.1 Å². The van der Waals surface area contributed by atoms with Crippen LogP contribution in [0.4, 0.5) is 5.82 Å². The minimum atomic E-state index is -0.0576. The summed E-state index contributed by atoms with van der Waals surface area (Å²) in [6, 6.07) is 9.70. The van der Waals surface area contributed by atoms with Crippen LogP contribution in [0.1, 0.15) is 11.3 Å². The lowest BCUT2D eigenvalue weighted by atomic mass is 10.1. The number of aromatic nitrogens is 1. The quantitative estimate of drug-likeness (QED) is 0.855. The summed E-state index contributed by atoms with van der Waals surface area (Å²) in [6.07, 6.45) is 0.950. The van der Waals surface area contributed by atoms with Gasteiger partial charge in [-0.05, 0) is 25.0 Å². The highest BCUT2D eigenvalue weighted by molar-refractivity contribution is 6.31. The Labute approximate surface area is 152 Å². The first kappa shape index (κ1) is 17.9. The summed E-state index contributed by atoms with van der Waals surface area (Å²) in [6.45, 7) is 6.85. The maximum absolute atomic E-state index is 12.1. The Kier molecular flexibility index (Phi) is 6.07. The van der Waals surface area contributed by atoms with Crippen LogP contribution in [0.2, 0.25) is 5.02 Å². The molecule has 1 aliphatic heterocycles. The van der Waals surface area contributed by atoms with Gasteiger partial charge in [0.1, 0.15) is 5.76 Å². The van der Waals surface area contributed by atoms with Gasteiger partial charge in [0.15, 0.2) is 5.82 Å². The highest BCUT2D eigenvalue weighted by atomic mass is 35.5. The largest absolute Gasteiger partial charge is 0.360 e. The second-order valence-corrected chi connectivity index (χ2v) is 6.74. The number of nitrogens with one attached hydrogen (secondary N) is 1. The van der Waals surface area contributed by atoms with E-state index in [1.807, 2.05) is 18.2 Å². The van der Waals surface area contributed by atoms with E-state index in [0.717, 1.165) is 44.2 Å². The summed E-state index contributed by atoms with van der Waals surface area (Å²) in [5.74, 6) is 1.10. The first-order chi connectivity index (χ1) is 12.1. The number of hydrogen-bond acceptors (Lipinski definition) is 5. The summed E-state index contributed by atoms with van der Waals surface area (Å²) in [4.78, 5) is 16.6. The van der Waals surface area contributed by atoms with Crippen LogP contribution in [0.25, 0.3) is 0 Å². The van der Waals surface area contributed by atoms with Gasteiger partial charge >= 0.3 is 0 Å². The van der Waals surface area contributed by atoms with Crippen molar-refractivity contribution in [2.24, 2.45) is 0 Å². The molecule has 1 aliphatic rings. The first-order valence-corrected chi connectivity index (χ1v) is 8.89. The van der Waals surface area contributed by atoms with E-state index in [9.17, 15) is 4.79 Å². The molecule has 1 amide bonds. The zero-order valence-corrected chi connectivity index (χ0v) is 15.1. The lowest BCUT2D eigenvalue weighted by Crippen LogP contribution is -2.49. The number of halogens is 1. The molecule has 0 aliphatic carbocycles. The molecule has 1 aromatic carbocycles. The molecule has 0 radical (unpaired) electrons. The first-order valence-electron chi connectivity index (χ1n) is 8.51. The zero-order valence-electron chi connectivity index (χ0n) is 14.4. The molecule has 1 saturated heterocycles. The van der Waals surface area contributed by atoms with Crippen molar-refractivity contribution >= 4 is 23.3 Å². The van der Waals surface area contributed by atoms with E-state index in [1.54, 1.807) is 13.0 Å². The topological polar surface area (TPSA) is 61.6 Å². The van der Waals surface area contributed by atoms with Crippen LogP contribution in [0.3, 0.4) is 0 Å². The molecular weight excluding hydrogens is 340 g/mol. The van der Waals surface area contributed by atoms with Crippen molar-refractivity contribution in [2.45, 2.75) is 13.3 Å². The van der Waals surface area contributed by atoms with E-state index in [0.29, 0.717) is 18.1 Å². The summed E-state index contributed by atoms with van der Waals surface area (Å²) in [5.41, 5.74) is 1.19. The molecule has 3 rings (SSSR count). The maximum Gasteiger partial charge on any atom is 0.239 e. The lowest BCUT2D eigenvalue weighted by molar-refractivity contribution is -0.117. The molecule has 7 heteroatoms. The molecule has 1 N–H and O–H groups in total. The molecule has 0 bridgehead atoms. The normalized spacial score (nSPS) is 16.1. The summed E-state index contributed by atoms with van der Waals surface area (Å²) in [5, 5.41) is 7.37. The van der Waals surface area contributed by atoms with Crippen molar-refractivity contribution in [3.63, 3.8) is 0 Å². The number of amides is 1. The van der Waals surface area contributed by atoms with Gasteiger partial charge in [0, 0.05) is 43.8 Å². The Hall–Kier alpha value is -1.89. The second-order valence-electron chi connectivity index (χ2n) is 6.33. The number of hydrogen-bond donors (Lipinski definition) is 1. The van der Waals surface area contributed by atoms with Crippen LogP contribution in [0.15, 0.2) is 34.9 Å². The van der Waals surface area contributed by atoms with Crippen molar-refractivity contribution in [1.29, 1.82) is 0 Å². The third kappa shape index (κ3) is 5.29. The summed E-state index contributed by atoms with van der Waals surface area (Å²) >= 11 is 6.21. The fraction of sp³-hybridized carbons (Fsp3) is 0.444. The smallest absolute Gasteiger partial charge is 0.239 e. The number of aryl methyl sites for hydroxylation is 1. The standard InChI is InChI=1S/C18H23ClN4O2/c1-14-12-17(21-25-14)20-18(24)13-23-10-8-22(9-11-23)7-6-15-4-2-3-5-16(15)19/h2-5,12H,6-11,13H2,1H3,(H,20,21,24). The molecule has 1 aromatic heterocycles. The second kappa shape index (κ2) is 8.47. The van der Waals surface area contributed by atoms with Gasteiger partial charge in [0.2, 0.25) is 5.91 Å². The fourth-order valence-corrected chi connectivity index (χ4v) is 3.19. The zero-order chi connectivity index (χ0) is 17.6. The summed E-state index contributed by atoms with van der Waals surface area (Å²) in [7, 11) is 0. The number of anilines is 1. The molecule has 0 unspecified atom stereocenters. The number of nitrogens with zero attached hydrogens (tertiary/aromatic N) is 3. The van der Waals surface area contributed by atoms with E-state index < -0.39 is 0 Å². The van der Waals surface area contributed by atoms with Gasteiger partial charge in [0.25, 0.3) is 0 Å². The van der Waals surface area contributed by atoms with Crippen molar-refractivity contribution in [3.8, 4) is 0 Å². The van der Waals surface area contributed by atoms with Gasteiger partial charge in [-0.1, -0.05) is 35.0 Å². The highest BCUT2D eigenvalue weighted by Crippen LogP contribution is 2.16. The minimum absolute atomic E-state index is 0.0576. The predicted octanol–water partition coefficient (Wildman–Crippen LogP) is 2.44. The van der Waals surface area contributed by atoms with Crippen molar-refractivity contribution in [1.82, 2.24) is 15.0 Å². The number of carbonyl (C=O) groups excluding carboxylic acids is 1. The Balaban J connectivity index is 1.38. The van der Waals surface area contributed by atoms with E-state index in [1.165, 1.54) is 5.56 Å². The van der Waals surface area contributed by atoms with E-state index in [4.69, 9.17) is 16.1 Å². The molecule has 0 atom stereocenters. The van der Waals surface area contributed by atoms with Crippen LogP contribution < -0.4 is 5.32 Å². The van der Waals surface area contributed by atoms with Crippen LogP contribution in [-0.2, 0) is 11.2 Å². The van der Waals surface area contributed by atoms with Gasteiger partial charge in [-0.15, -0.1) is 0 Å². The fourth-order valence-electron chi connectivity index (χ4n) is 2.96. The van der Waals surface area contributed by atoms with Crippen LogP contribution >= 0.6 is 11.6 Å². The molecule has 1 fully saturated rings. The molecule has 2 heterocycles. The predicted molar refractivity (Wildman–Crippen MR) is 97.9 cm³/mol. The number of piperazine rings is 1. The number of carbonyl (C=O) groups is 1. The van der Waals surface area contributed by atoms with Crippen LogP contribution in [0, 0.1) is 6.92 Å². The molecule has 0 saturated carbocycles. The van der Waals surface area contributed by atoms with Gasteiger partial charge in [0.05, 0.1) is 6.54 Å². The molecule has 0 spiro atoms. The molecule has 25 heavy (non-hydrogen) atoms. The summed E-state index contributed by atoms with van der Waals surface area (Å²) < 4.78 is 4.95. The number of benzene rings is 1. The third-order valence-electron chi connectivity index (χ3n) is 4.38. The molecule has 6 nitrogen and oxygen atoms in total. The molecule has 134 valence electrons. The Morgan fingerprint density at radius 1 is 1.24 bits per heavy atom. The van der Waals surface area contributed by atoms with Gasteiger partial charge in [-0.3, -0.25) is 9.69 Å². The SMILES string of the molecule is Cc1cc(NC(=O)CN2CCN(CCc3ccccc3Cl)CC2)no1. The Morgan fingerprint density at radius 2 is 1.96 bits per heavy atom. The van der Waals surface area contributed by atoms with Gasteiger partial charge in [-0.2, -0.15) is 0 Å². The molecular formula is C18H23ClN4O2. The Morgan fingerprint density at radius 3 is 2.64 bits per heavy atom. The average molecular weight is 363 g/mol. The van der Waals surface area contributed by atoms with Gasteiger partial charge in [-0.25, -0.2) is 0 Å². The van der Waals surface area contributed by atoms with Crippen molar-refractivity contribution in [2.75, 3.05) is 44.6 Å². The monoisotopic (exact) mass is 362 g/mol. The highest BCUT2D eigenvalue weighted by Gasteiger charge is 2.19. The minimum Gasteiger partial charge on any atom is -0.360 e. The van der Waals surface area contributed by atoms with E-state index in [2.05, 4.69) is 26.3 Å². The van der Waals surface area contributed by atoms with Crippen molar-refractivity contribution < 1.29 is 9.32 Å². The van der Waals surface area contributed by atoms with Crippen LogP contribution in [0.5, 0.6) is 0 Å². The number of rotatable bonds is 6. The average Bonchev–Trinajstić information content (AvgIpc) is 3.00. The van der Waals surface area contributed by atoms with Gasteiger partial charge < -0.3 is 14.7 Å². The van der Waals surface area contributed by atoms with Crippen molar-refractivity contribution in [3.05, 3.63) is 46.7 Å².